The molecule has 1 aliphatic rings. The van der Waals surface area contributed by atoms with Crippen molar-refractivity contribution in [1.82, 2.24) is 14.5 Å². The number of imidazole rings is 1. The molecular weight excluding hydrogens is 304 g/mol. The molecule has 24 heavy (non-hydrogen) atoms. The molecule has 0 amide bonds. The second-order valence-electron chi connectivity index (χ2n) is 5.77. The molecule has 4 rings (SSSR count). The van der Waals surface area contributed by atoms with Gasteiger partial charge in [-0.3, -0.25) is 4.98 Å². The summed E-state index contributed by atoms with van der Waals surface area (Å²) in [6.07, 6.45) is 1.79. The molecule has 1 aromatic carbocycles. The number of hydrogen-bond donors (Lipinski definition) is 1. The van der Waals surface area contributed by atoms with Crippen molar-refractivity contribution < 1.29 is 9.47 Å². The summed E-state index contributed by atoms with van der Waals surface area (Å²) < 4.78 is 13.2. The number of anilines is 1. The first kappa shape index (κ1) is 14.6. The van der Waals surface area contributed by atoms with Gasteiger partial charge in [0.05, 0.1) is 11.4 Å². The number of benzene rings is 1. The van der Waals surface area contributed by atoms with Crippen molar-refractivity contribution in [2.24, 2.45) is 7.05 Å². The van der Waals surface area contributed by atoms with Gasteiger partial charge in [0.2, 0.25) is 5.95 Å². The lowest BCUT2D eigenvalue weighted by Crippen LogP contribution is -2.15. The van der Waals surface area contributed by atoms with Gasteiger partial charge in [0, 0.05) is 30.1 Å². The quantitative estimate of drug-likeness (QED) is 0.785. The lowest BCUT2D eigenvalue weighted by Gasteiger charge is -2.18. The molecule has 2 aromatic heterocycles. The van der Waals surface area contributed by atoms with Gasteiger partial charge >= 0.3 is 0 Å². The van der Waals surface area contributed by atoms with E-state index in [1.165, 1.54) is 0 Å². The van der Waals surface area contributed by atoms with Gasteiger partial charge < -0.3 is 19.8 Å². The molecule has 122 valence electrons. The Hall–Kier alpha value is -3.02. The molecular formula is C18H18N4O2. The third-order valence-electron chi connectivity index (χ3n) is 4.12. The molecule has 6 heteroatoms. The number of ether oxygens (including phenoxy) is 2. The van der Waals surface area contributed by atoms with E-state index in [0.29, 0.717) is 19.2 Å². The fourth-order valence-corrected chi connectivity index (χ4v) is 2.93. The first-order valence-electron chi connectivity index (χ1n) is 7.79. The maximum absolute atomic E-state index is 6.07. The maximum atomic E-state index is 6.07. The van der Waals surface area contributed by atoms with Crippen LogP contribution < -0.4 is 15.2 Å². The van der Waals surface area contributed by atoms with Gasteiger partial charge in [-0.2, -0.15) is 0 Å². The summed E-state index contributed by atoms with van der Waals surface area (Å²) in [5.41, 5.74) is 10.8. The van der Waals surface area contributed by atoms with Crippen LogP contribution in [0.5, 0.6) is 11.5 Å². The molecule has 0 saturated carbocycles. The van der Waals surface area contributed by atoms with E-state index < -0.39 is 0 Å². The SMILES string of the molecule is Cc1cc(-c2c(-c3ccc4c(c3)OCCO4)nc(N)n2C)ccn1. The van der Waals surface area contributed by atoms with Gasteiger partial charge in [-0.1, -0.05) is 0 Å². The largest absolute Gasteiger partial charge is 0.486 e. The summed E-state index contributed by atoms with van der Waals surface area (Å²) in [5, 5.41) is 0. The van der Waals surface area contributed by atoms with Crippen LogP contribution in [0.15, 0.2) is 36.5 Å². The first-order chi connectivity index (χ1) is 11.6. The molecule has 2 N–H and O–H groups in total. The number of nitrogens with zero attached hydrogens (tertiary/aromatic N) is 3. The molecule has 0 radical (unpaired) electrons. The van der Waals surface area contributed by atoms with E-state index in [1.807, 2.05) is 48.9 Å². The van der Waals surface area contributed by atoms with Crippen molar-refractivity contribution in [2.75, 3.05) is 18.9 Å². The minimum Gasteiger partial charge on any atom is -0.486 e. The maximum Gasteiger partial charge on any atom is 0.200 e. The van der Waals surface area contributed by atoms with Crippen molar-refractivity contribution in [3.8, 4) is 34.0 Å². The Morgan fingerprint density at radius 3 is 2.62 bits per heavy atom. The van der Waals surface area contributed by atoms with E-state index in [2.05, 4.69) is 9.97 Å². The molecule has 1 aliphatic heterocycles. The van der Waals surface area contributed by atoms with Crippen LogP contribution >= 0.6 is 0 Å². The van der Waals surface area contributed by atoms with Crippen LogP contribution in [-0.4, -0.2) is 27.7 Å². The van der Waals surface area contributed by atoms with Crippen LogP contribution in [0.2, 0.25) is 0 Å². The van der Waals surface area contributed by atoms with Crippen molar-refractivity contribution in [3.63, 3.8) is 0 Å². The van der Waals surface area contributed by atoms with Gasteiger partial charge in [-0.15, -0.1) is 0 Å². The Bertz CT molecular complexity index is 917. The monoisotopic (exact) mass is 322 g/mol. The first-order valence-corrected chi connectivity index (χ1v) is 7.79. The molecule has 0 spiro atoms. The zero-order valence-corrected chi connectivity index (χ0v) is 13.6. The number of aromatic nitrogens is 3. The van der Waals surface area contributed by atoms with E-state index in [0.717, 1.165) is 39.7 Å². The number of fused-ring (bicyclic) bond motifs is 1. The summed E-state index contributed by atoms with van der Waals surface area (Å²) in [5.74, 6) is 1.96. The molecule has 0 unspecified atom stereocenters. The highest BCUT2D eigenvalue weighted by atomic mass is 16.6. The zero-order valence-electron chi connectivity index (χ0n) is 13.6. The molecule has 3 heterocycles. The van der Waals surface area contributed by atoms with Crippen LogP contribution in [0.25, 0.3) is 22.5 Å². The van der Waals surface area contributed by atoms with Gasteiger partial charge in [-0.25, -0.2) is 4.98 Å². The van der Waals surface area contributed by atoms with E-state index in [4.69, 9.17) is 15.2 Å². The van der Waals surface area contributed by atoms with Crippen LogP contribution in [-0.2, 0) is 7.05 Å². The van der Waals surface area contributed by atoms with Crippen LogP contribution in [0.1, 0.15) is 5.69 Å². The summed E-state index contributed by atoms with van der Waals surface area (Å²) in [6, 6.07) is 9.83. The average Bonchev–Trinajstić information content (AvgIpc) is 2.90. The molecule has 0 bridgehead atoms. The van der Waals surface area contributed by atoms with Crippen LogP contribution in [0, 0.1) is 6.92 Å². The fourth-order valence-electron chi connectivity index (χ4n) is 2.93. The van der Waals surface area contributed by atoms with E-state index in [9.17, 15) is 0 Å². The van der Waals surface area contributed by atoms with Gasteiger partial charge in [0.1, 0.15) is 13.2 Å². The normalized spacial score (nSPS) is 13.1. The van der Waals surface area contributed by atoms with E-state index >= 15 is 0 Å². The molecule has 6 nitrogen and oxygen atoms in total. The lowest BCUT2D eigenvalue weighted by atomic mass is 10.0. The Morgan fingerprint density at radius 2 is 1.83 bits per heavy atom. The number of nitrogen functional groups attached to an aromatic ring is 1. The smallest absolute Gasteiger partial charge is 0.200 e. The Balaban J connectivity index is 1.89. The van der Waals surface area contributed by atoms with Gasteiger partial charge in [0.25, 0.3) is 0 Å². The third-order valence-corrected chi connectivity index (χ3v) is 4.12. The predicted octanol–water partition coefficient (Wildman–Crippen LogP) is 2.81. The highest BCUT2D eigenvalue weighted by Gasteiger charge is 2.19. The number of rotatable bonds is 2. The third kappa shape index (κ3) is 2.36. The predicted molar refractivity (Wildman–Crippen MR) is 92.0 cm³/mol. The van der Waals surface area contributed by atoms with Crippen molar-refractivity contribution >= 4 is 5.95 Å². The highest BCUT2D eigenvalue weighted by Crippen LogP contribution is 2.38. The summed E-state index contributed by atoms with van der Waals surface area (Å²) in [4.78, 5) is 8.82. The highest BCUT2D eigenvalue weighted by molar-refractivity contribution is 5.81. The minimum absolute atomic E-state index is 0.462. The molecule has 0 aliphatic carbocycles. The van der Waals surface area contributed by atoms with Crippen LogP contribution in [0.4, 0.5) is 5.95 Å². The van der Waals surface area contributed by atoms with Crippen molar-refractivity contribution in [2.45, 2.75) is 6.92 Å². The standard InChI is InChI=1S/C18H18N4O2/c1-11-9-13(5-6-20-11)17-16(21-18(19)22(17)2)12-3-4-14-15(10-12)24-8-7-23-14/h3-6,9-10H,7-8H2,1-2H3,(H2,19,21). The fraction of sp³-hybridized carbons (Fsp3) is 0.222. The summed E-state index contributed by atoms with van der Waals surface area (Å²) >= 11 is 0. The Labute approximate surface area is 139 Å². The minimum atomic E-state index is 0.462. The molecule has 3 aromatic rings. The lowest BCUT2D eigenvalue weighted by molar-refractivity contribution is 0.171. The molecule has 0 atom stereocenters. The zero-order chi connectivity index (χ0) is 16.7. The summed E-state index contributed by atoms with van der Waals surface area (Å²) in [6.45, 7) is 3.09. The van der Waals surface area contributed by atoms with E-state index in [-0.39, 0.29) is 0 Å². The van der Waals surface area contributed by atoms with Crippen molar-refractivity contribution in [3.05, 3.63) is 42.2 Å². The number of pyridine rings is 1. The second kappa shape index (κ2) is 5.56. The van der Waals surface area contributed by atoms with E-state index in [1.54, 1.807) is 6.20 Å². The average molecular weight is 322 g/mol. The number of aryl methyl sites for hydroxylation is 1. The number of hydrogen-bond acceptors (Lipinski definition) is 5. The number of nitrogens with two attached hydrogens (primary N) is 1. The Kier molecular flexibility index (Phi) is 3.37. The van der Waals surface area contributed by atoms with Gasteiger partial charge in [0.15, 0.2) is 11.5 Å². The van der Waals surface area contributed by atoms with Crippen LogP contribution in [0.3, 0.4) is 0 Å². The van der Waals surface area contributed by atoms with Gasteiger partial charge in [-0.05, 0) is 37.3 Å². The summed E-state index contributed by atoms with van der Waals surface area (Å²) in [7, 11) is 1.91. The van der Waals surface area contributed by atoms with Crippen molar-refractivity contribution in [1.29, 1.82) is 0 Å². The second-order valence-corrected chi connectivity index (χ2v) is 5.77. The topological polar surface area (TPSA) is 75.2 Å². The molecule has 0 saturated heterocycles. The molecule has 0 fully saturated rings. The Morgan fingerprint density at radius 1 is 1.04 bits per heavy atom.